The molecule has 1 aliphatic rings. The number of hydrogen-bond donors (Lipinski definition) is 0. The van der Waals surface area contributed by atoms with Crippen molar-refractivity contribution in [3.05, 3.63) is 37.8 Å². The fraction of sp³-hybridized carbons (Fsp3) is 0.636. The van der Waals surface area contributed by atoms with Crippen molar-refractivity contribution in [1.29, 1.82) is 0 Å². The summed E-state index contributed by atoms with van der Waals surface area (Å²) in [6.07, 6.45) is 1.87. The van der Waals surface area contributed by atoms with E-state index in [9.17, 15) is 9.59 Å². The molecule has 0 radical (unpaired) electrons. The second kappa shape index (κ2) is 9.03. The minimum absolute atomic E-state index is 0.288. The van der Waals surface area contributed by atoms with Gasteiger partial charge in [0, 0.05) is 45.5 Å². The molecule has 0 atom stereocenters. The number of rotatable bonds is 7. The summed E-state index contributed by atoms with van der Waals surface area (Å²) in [6.45, 7) is 12.7. The predicted octanol–water partition coefficient (Wildman–Crippen LogP) is 1.14. The van der Waals surface area contributed by atoms with Gasteiger partial charge in [0.05, 0.1) is 18.9 Å². The summed E-state index contributed by atoms with van der Waals surface area (Å²) in [5, 5.41) is 4.66. The molecule has 10 heteroatoms. The lowest BCUT2D eigenvalue weighted by molar-refractivity contribution is 0.0361. The summed E-state index contributed by atoms with van der Waals surface area (Å²) in [4.78, 5) is 33.6. The summed E-state index contributed by atoms with van der Waals surface area (Å²) in [7, 11) is 1.68. The Kier molecular flexibility index (Phi) is 6.34. The van der Waals surface area contributed by atoms with Crippen molar-refractivity contribution in [2.45, 2.75) is 53.6 Å². The molecule has 10 nitrogen and oxygen atoms in total. The Bertz CT molecular complexity index is 1240. The van der Waals surface area contributed by atoms with Crippen LogP contribution in [0.15, 0.2) is 9.59 Å². The van der Waals surface area contributed by atoms with Gasteiger partial charge >= 0.3 is 5.69 Å². The second-order valence-electron chi connectivity index (χ2n) is 8.55. The summed E-state index contributed by atoms with van der Waals surface area (Å²) in [5.41, 5.74) is 3.23. The van der Waals surface area contributed by atoms with E-state index in [0.717, 1.165) is 42.9 Å². The van der Waals surface area contributed by atoms with Crippen LogP contribution in [-0.4, -0.2) is 66.2 Å². The minimum Gasteiger partial charge on any atom is -0.379 e. The summed E-state index contributed by atoms with van der Waals surface area (Å²) >= 11 is 0. The van der Waals surface area contributed by atoms with Crippen LogP contribution in [0.25, 0.3) is 17.1 Å². The van der Waals surface area contributed by atoms with Crippen LogP contribution in [0, 0.1) is 20.8 Å². The Balaban J connectivity index is 1.87. The van der Waals surface area contributed by atoms with Gasteiger partial charge in [-0.25, -0.2) is 9.48 Å². The molecule has 4 heterocycles. The zero-order valence-corrected chi connectivity index (χ0v) is 19.7. The first-order chi connectivity index (χ1) is 15.3. The van der Waals surface area contributed by atoms with E-state index in [4.69, 9.17) is 9.72 Å². The van der Waals surface area contributed by atoms with E-state index in [-0.39, 0.29) is 11.2 Å². The van der Waals surface area contributed by atoms with Crippen LogP contribution in [0.2, 0.25) is 0 Å². The van der Waals surface area contributed by atoms with E-state index in [1.165, 1.54) is 9.13 Å². The molecule has 3 aromatic rings. The topological polar surface area (TPSA) is 92.1 Å². The van der Waals surface area contributed by atoms with Crippen LogP contribution in [0.5, 0.6) is 0 Å². The Hall–Kier alpha value is -2.72. The van der Waals surface area contributed by atoms with Gasteiger partial charge in [-0.2, -0.15) is 10.1 Å². The third kappa shape index (κ3) is 3.81. The number of aromatic nitrogens is 6. The fourth-order valence-electron chi connectivity index (χ4n) is 4.23. The fourth-order valence-corrected chi connectivity index (χ4v) is 4.23. The number of unbranched alkanes of at least 4 members (excludes halogenated alkanes) is 1. The van der Waals surface area contributed by atoms with Gasteiger partial charge in [0.1, 0.15) is 0 Å². The molecule has 0 spiro atoms. The Morgan fingerprint density at radius 1 is 1.00 bits per heavy atom. The molecule has 0 unspecified atom stereocenters. The highest BCUT2D eigenvalue weighted by Gasteiger charge is 2.23. The molecule has 0 N–H and O–H groups in total. The van der Waals surface area contributed by atoms with Crippen LogP contribution < -0.4 is 11.2 Å². The van der Waals surface area contributed by atoms with Gasteiger partial charge in [-0.1, -0.05) is 13.3 Å². The Morgan fingerprint density at radius 2 is 1.72 bits per heavy atom. The first-order valence-corrected chi connectivity index (χ1v) is 11.4. The Morgan fingerprint density at radius 3 is 2.34 bits per heavy atom. The average molecular weight is 444 g/mol. The smallest absolute Gasteiger partial charge is 0.332 e. The number of aryl methyl sites for hydroxylation is 3. The van der Waals surface area contributed by atoms with Crippen molar-refractivity contribution in [2.75, 3.05) is 32.8 Å². The van der Waals surface area contributed by atoms with Gasteiger partial charge in [-0.05, 0) is 32.8 Å². The molecule has 0 saturated carbocycles. The molecule has 0 aliphatic carbocycles. The van der Waals surface area contributed by atoms with E-state index in [2.05, 4.69) is 16.9 Å². The van der Waals surface area contributed by atoms with Crippen LogP contribution in [0.4, 0.5) is 0 Å². The van der Waals surface area contributed by atoms with Crippen molar-refractivity contribution >= 4 is 11.2 Å². The molecule has 0 amide bonds. The summed E-state index contributed by atoms with van der Waals surface area (Å²) in [6, 6.07) is 0. The van der Waals surface area contributed by atoms with Gasteiger partial charge in [0.15, 0.2) is 11.2 Å². The lowest BCUT2D eigenvalue weighted by Crippen LogP contribution is -2.44. The lowest BCUT2D eigenvalue weighted by atomic mass is 10.2. The first kappa shape index (κ1) is 22.5. The van der Waals surface area contributed by atoms with E-state index >= 15 is 0 Å². The third-order valence-electron chi connectivity index (χ3n) is 6.53. The number of morpholine rings is 1. The summed E-state index contributed by atoms with van der Waals surface area (Å²) < 4.78 is 12.0. The van der Waals surface area contributed by atoms with Gasteiger partial charge in [0.25, 0.3) is 5.56 Å². The normalized spacial score (nSPS) is 15.2. The van der Waals surface area contributed by atoms with E-state index < -0.39 is 0 Å². The molecule has 0 aromatic carbocycles. The average Bonchev–Trinajstić information content (AvgIpc) is 3.29. The minimum atomic E-state index is -0.341. The van der Waals surface area contributed by atoms with E-state index in [1.807, 2.05) is 25.3 Å². The number of nitrogens with zero attached hydrogens (tertiary/aromatic N) is 7. The molecule has 174 valence electrons. The molecule has 3 aromatic heterocycles. The van der Waals surface area contributed by atoms with Gasteiger partial charge in [0.2, 0.25) is 5.95 Å². The maximum Gasteiger partial charge on any atom is 0.332 e. The zero-order valence-electron chi connectivity index (χ0n) is 19.7. The molecule has 4 rings (SSSR count). The highest BCUT2D eigenvalue weighted by molar-refractivity contribution is 5.72. The number of hydrogen-bond acceptors (Lipinski definition) is 6. The molecular formula is C22H33N7O3. The van der Waals surface area contributed by atoms with Crippen molar-refractivity contribution in [2.24, 2.45) is 7.05 Å². The highest BCUT2D eigenvalue weighted by atomic mass is 16.5. The van der Waals surface area contributed by atoms with Gasteiger partial charge in [-0.15, -0.1) is 0 Å². The van der Waals surface area contributed by atoms with Crippen molar-refractivity contribution < 1.29 is 4.74 Å². The Labute approximate surface area is 187 Å². The van der Waals surface area contributed by atoms with Crippen molar-refractivity contribution in [3.63, 3.8) is 0 Å². The van der Waals surface area contributed by atoms with Crippen LogP contribution in [0.3, 0.4) is 0 Å². The quantitative estimate of drug-likeness (QED) is 0.544. The van der Waals surface area contributed by atoms with E-state index in [1.54, 1.807) is 11.7 Å². The van der Waals surface area contributed by atoms with Gasteiger partial charge in [-0.3, -0.25) is 18.8 Å². The molecule has 1 saturated heterocycles. The molecule has 1 aliphatic heterocycles. The highest BCUT2D eigenvalue weighted by Crippen LogP contribution is 2.20. The molecular weight excluding hydrogens is 410 g/mol. The lowest BCUT2D eigenvalue weighted by Gasteiger charge is -2.26. The van der Waals surface area contributed by atoms with Crippen LogP contribution in [0.1, 0.15) is 36.7 Å². The standard InChI is InChI=1S/C22H33N7O3/c1-6-7-8-27-18-19(23-21(27)29-17(4)15(2)16(3)24-29)25(5)22(31)28(20(18)30)10-9-26-11-13-32-14-12-26/h6-14H2,1-5H3. The third-order valence-corrected chi connectivity index (χ3v) is 6.53. The van der Waals surface area contributed by atoms with Gasteiger partial charge < -0.3 is 9.30 Å². The monoisotopic (exact) mass is 443 g/mol. The van der Waals surface area contributed by atoms with Crippen molar-refractivity contribution in [3.8, 4) is 5.95 Å². The number of imidazole rings is 1. The molecule has 0 bridgehead atoms. The van der Waals surface area contributed by atoms with Crippen LogP contribution >= 0.6 is 0 Å². The number of fused-ring (bicyclic) bond motifs is 1. The SMILES string of the molecule is CCCCn1c(-n2nc(C)c(C)c2C)nc2c1c(=O)n(CCN1CCOCC1)c(=O)n2C. The van der Waals surface area contributed by atoms with Crippen LogP contribution in [-0.2, 0) is 24.9 Å². The zero-order chi connectivity index (χ0) is 23.0. The molecule has 32 heavy (non-hydrogen) atoms. The second-order valence-corrected chi connectivity index (χ2v) is 8.55. The predicted molar refractivity (Wildman–Crippen MR) is 123 cm³/mol. The largest absolute Gasteiger partial charge is 0.379 e. The number of ether oxygens (including phenoxy) is 1. The first-order valence-electron chi connectivity index (χ1n) is 11.4. The summed E-state index contributed by atoms with van der Waals surface area (Å²) in [5.74, 6) is 0.583. The molecule has 1 fully saturated rings. The maximum atomic E-state index is 13.6. The maximum absolute atomic E-state index is 13.6. The van der Waals surface area contributed by atoms with E-state index in [0.29, 0.717) is 50.0 Å². The van der Waals surface area contributed by atoms with Crippen molar-refractivity contribution in [1.82, 2.24) is 33.4 Å².